The molecule has 1 amide bonds. The van der Waals surface area contributed by atoms with Gasteiger partial charge in [0.2, 0.25) is 0 Å². The van der Waals surface area contributed by atoms with Gasteiger partial charge >= 0.3 is 5.97 Å². The Balaban J connectivity index is 1.71. The van der Waals surface area contributed by atoms with E-state index in [1.165, 1.54) is 13.3 Å². The predicted molar refractivity (Wildman–Crippen MR) is 120 cm³/mol. The summed E-state index contributed by atoms with van der Waals surface area (Å²) in [6.07, 6.45) is 1.40. The van der Waals surface area contributed by atoms with Crippen LogP contribution in [0.2, 0.25) is 0 Å². The first kappa shape index (κ1) is 22.0. The number of esters is 1. The number of carbonyl (C=O) groups is 2. The van der Waals surface area contributed by atoms with Crippen LogP contribution in [0.3, 0.4) is 0 Å². The van der Waals surface area contributed by atoms with Gasteiger partial charge in [-0.1, -0.05) is 28.1 Å². The number of hydrogen-bond donors (Lipinski definition) is 1. The van der Waals surface area contributed by atoms with Gasteiger partial charge in [0.25, 0.3) is 5.91 Å². The molecule has 0 saturated heterocycles. The number of amides is 1. The van der Waals surface area contributed by atoms with E-state index in [2.05, 4.69) is 26.5 Å². The fourth-order valence-electron chi connectivity index (χ4n) is 2.64. The van der Waals surface area contributed by atoms with Gasteiger partial charge in [-0.15, -0.1) is 0 Å². The maximum absolute atomic E-state index is 12.4. The third-order valence-corrected chi connectivity index (χ3v) is 4.72. The lowest BCUT2D eigenvalue weighted by molar-refractivity contribution is 0.0734. The van der Waals surface area contributed by atoms with Crippen LogP contribution in [0, 0.1) is 0 Å². The van der Waals surface area contributed by atoms with E-state index in [9.17, 15) is 9.59 Å². The van der Waals surface area contributed by atoms with Crippen molar-refractivity contribution in [3.8, 4) is 17.2 Å². The highest BCUT2D eigenvalue weighted by Crippen LogP contribution is 2.23. The number of benzene rings is 3. The monoisotopic (exact) mass is 482 g/mol. The van der Waals surface area contributed by atoms with E-state index in [1.807, 2.05) is 0 Å². The van der Waals surface area contributed by atoms with Crippen molar-refractivity contribution in [3.63, 3.8) is 0 Å². The fourth-order valence-corrected chi connectivity index (χ4v) is 3.01. The van der Waals surface area contributed by atoms with Gasteiger partial charge in [0.15, 0.2) is 0 Å². The van der Waals surface area contributed by atoms with Crippen LogP contribution in [-0.2, 0) is 0 Å². The second kappa shape index (κ2) is 10.4. The molecule has 0 fully saturated rings. The minimum Gasteiger partial charge on any atom is -0.497 e. The minimum atomic E-state index is -0.522. The smallest absolute Gasteiger partial charge is 0.343 e. The summed E-state index contributed by atoms with van der Waals surface area (Å²) in [6, 6.07) is 18.5. The number of halogens is 1. The van der Waals surface area contributed by atoms with Gasteiger partial charge < -0.3 is 14.2 Å². The summed E-state index contributed by atoms with van der Waals surface area (Å²) in [4.78, 5) is 24.9. The average molecular weight is 483 g/mol. The first-order chi connectivity index (χ1) is 15.0. The lowest BCUT2D eigenvalue weighted by Gasteiger charge is -2.08. The SMILES string of the molecule is COc1ccc(C(=O)Oc2ccccc2C=NNC(=O)c2cc(Br)ccc2OC)cc1. The number of hydrogen-bond acceptors (Lipinski definition) is 6. The number of carbonyl (C=O) groups excluding carboxylic acids is 2. The molecule has 0 aliphatic heterocycles. The number of ether oxygens (including phenoxy) is 3. The number of nitrogens with one attached hydrogen (secondary N) is 1. The van der Waals surface area contributed by atoms with Crippen LogP contribution in [0.1, 0.15) is 26.3 Å². The quantitative estimate of drug-likeness (QED) is 0.232. The van der Waals surface area contributed by atoms with E-state index in [4.69, 9.17) is 14.2 Å². The number of methoxy groups -OCH3 is 2. The van der Waals surface area contributed by atoms with Crippen LogP contribution in [0.5, 0.6) is 17.2 Å². The number of nitrogens with zero attached hydrogens (tertiary/aromatic N) is 1. The molecular weight excluding hydrogens is 464 g/mol. The van der Waals surface area contributed by atoms with Gasteiger partial charge in [0.1, 0.15) is 17.2 Å². The minimum absolute atomic E-state index is 0.307. The van der Waals surface area contributed by atoms with Crippen LogP contribution in [0.25, 0.3) is 0 Å². The molecule has 0 unspecified atom stereocenters. The molecule has 0 aliphatic rings. The van der Waals surface area contributed by atoms with E-state index >= 15 is 0 Å². The summed E-state index contributed by atoms with van der Waals surface area (Å²) >= 11 is 3.33. The Hall–Kier alpha value is -3.65. The Bertz CT molecular complexity index is 1110. The van der Waals surface area contributed by atoms with Crippen LogP contribution in [-0.4, -0.2) is 32.3 Å². The maximum Gasteiger partial charge on any atom is 0.343 e. The number of para-hydroxylation sites is 1. The molecule has 8 heteroatoms. The van der Waals surface area contributed by atoms with Crippen molar-refractivity contribution in [2.45, 2.75) is 0 Å². The van der Waals surface area contributed by atoms with Crippen molar-refractivity contribution < 1.29 is 23.8 Å². The predicted octanol–water partition coefficient (Wildman–Crippen LogP) is 4.45. The van der Waals surface area contributed by atoms with Crippen LogP contribution < -0.4 is 19.6 Å². The van der Waals surface area contributed by atoms with Crippen LogP contribution in [0.4, 0.5) is 0 Å². The van der Waals surface area contributed by atoms with E-state index in [1.54, 1.807) is 73.8 Å². The third kappa shape index (κ3) is 5.70. The zero-order valence-corrected chi connectivity index (χ0v) is 18.4. The molecule has 7 nitrogen and oxygen atoms in total. The van der Waals surface area contributed by atoms with E-state index in [0.717, 1.165) is 4.47 Å². The summed E-state index contributed by atoms with van der Waals surface area (Å²) in [5.74, 6) is 0.404. The molecule has 1 N–H and O–H groups in total. The third-order valence-electron chi connectivity index (χ3n) is 4.22. The van der Waals surface area contributed by atoms with Gasteiger partial charge in [-0.3, -0.25) is 4.79 Å². The van der Waals surface area contributed by atoms with Crippen LogP contribution >= 0.6 is 15.9 Å². The molecule has 3 rings (SSSR count). The Labute approximate surface area is 187 Å². The standard InChI is InChI=1S/C23H19BrN2O5/c1-29-18-10-7-15(8-11-18)23(28)31-20-6-4-3-5-16(20)14-25-26-22(27)19-13-17(24)9-12-21(19)30-2/h3-14H,1-2H3,(H,26,27). The molecule has 0 saturated carbocycles. The van der Waals surface area contributed by atoms with E-state index in [-0.39, 0.29) is 0 Å². The lowest BCUT2D eigenvalue weighted by Crippen LogP contribution is -2.18. The maximum atomic E-state index is 12.4. The molecule has 0 heterocycles. The van der Waals surface area contributed by atoms with Crippen LogP contribution in [0.15, 0.2) is 76.3 Å². The summed E-state index contributed by atoms with van der Waals surface area (Å²) in [7, 11) is 3.03. The first-order valence-electron chi connectivity index (χ1n) is 9.14. The van der Waals surface area contributed by atoms with E-state index < -0.39 is 11.9 Å². The second-order valence-electron chi connectivity index (χ2n) is 6.20. The molecule has 3 aromatic rings. The molecule has 0 atom stereocenters. The topological polar surface area (TPSA) is 86.2 Å². The first-order valence-corrected chi connectivity index (χ1v) is 9.93. The highest BCUT2D eigenvalue weighted by atomic mass is 79.9. The molecule has 0 bridgehead atoms. The van der Waals surface area contributed by atoms with Gasteiger partial charge in [-0.05, 0) is 54.6 Å². The molecule has 0 spiro atoms. The molecule has 3 aromatic carbocycles. The Morgan fingerprint density at radius 1 is 0.935 bits per heavy atom. The van der Waals surface area contributed by atoms with Crippen molar-refractivity contribution in [3.05, 3.63) is 87.9 Å². The van der Waals surface area contributed by atoms with Crippen molar-refractivity contribution in [2.24, 2.45) is 5.10 Å². The summed E-state index contributed by atoms with van der Waals surface area (Å²) in [5.41, 5.74) is 3.67. The average Bonchev–Trinajstić information content (AvgIpc) is 2.80. The van der Waals surface area contributed by atoms with Gasteiger partial charge in [-0.25, -0.2) is 10.2 Å². The Morgan fingerprint density at radius 2 is 1.68 bits per heavy atom. The lowest BCUT2D eigenvalue weighted by atomic mass is 10.2. The second-order valence-corrected chi connectivity index (χ2v) is 7.12. The largest absolute Gasteiger partial charge is 0.497 e. The molecule has 0 aliphatic carbocycles. The highest BCUT2D eigenvalue weighted by molar-refractivity contribution is 9.10. The van der Waals surface area contributed by atoms with E-state index in [0.29, 0.717) is 33.9 Å². The zero-order valence-electron chi connectivity index (χ0n) is 16.8. The Kier molecular flexibility index (Phi) is 7.40. The fraction of sp³-hybridized carbons (Fsp3) is 0.0870. The van der Waals surface area contributed by atoms with Gasteiger partial charge in [-0.2, -0.15) is 5.10 Å². The molecule has 0 aromatic heterocycles. The Morgan fingerprint density at radius 3 is 2.39 bits per heavy atom. The molecule has 0 radical (unpaired) electrons. The highest BCUT2D eigenvalue weighted by Gasteiger charge is 2.13. The van der Waals surface area contributed by atoms with Gasteiger partial charge in [0, 0.05) is 10.0 Å². The van der Waals surface area contributed by atoms with Crippen molar-refractivity contribution in [2.75, 3.05) is 14.2 Å². The number of hydrazone groups is 1. The number of rotatable bonds is 7. The van der Waals surface area contributed by atoms with Crippen molar-refractivity contribution >= 4 is 34.0 Å². The summed E-state index contributed by atoms with van der Waals surface area (Å²) < 4.78 is 16.5. The van der Waals surface area contributed by atoms with Crippen molar-refractivity contribution in [1.82, 2.24) is 5.43 Å². The normalized spacial score (nSPS) is 10.5. The molecule has 31 heavy (non-hydrogen) atoms. The summed E-state index contributed by atoms with van der Waals surface area (Å²) in [6.45, 7) is 0. The molecule has 158 valence electrons. The molecular formula is C23H19BrN2O5. The van der Waals surface area contributed by atoms with Crippen molar-refractivity contribution in [1.29, 1.82) is 0 Å². The zero-order chi connectivity index (χ0) is 22.2. The van der Waals surface area contributed by atoms with Gasteiger partial charge in [0.05, 0.1) is 31.6 Å². The summed E-state index contributed by atoms with van der Waals surface area (Å²) in [5, 5.41) is 3.98.